The number of carbonyl (C=O) groups excluding carboxylic acids is 2. The van der Waals surface area contributed by atoms with Crippen molar-refractivity contribution in [2.24, 2.45) is 0 Å². The molecule has 0 aliphatic carbocycles. The van der Waals surface area contributed by atoms with E-state index < -0.39 is 6.10 Å². The Bertz CT molecular complexity index is 764. The van der Waals surface area contributed by atoms with E-state index in [1.165, 1.54) is 6.92 Å². The van der Waals surface area contributed by atoms with Crippen molar-refractivity contribution >= 4 is 34.3 Å². The monoisotopic (exact) mass is 349 g/mol. The van der Waals surface area contributed by atoms with Crippen molar-refractivity contribution in [3.63, 3.8) is 0 Å². The van der Waals surface area contributed by atoms with Gasteiger partial charge in [-0.2, -0.15) is 0 Å². The molecule has 2 heterocycles. The van der Waals surface area contributed by atoms with Crippen LogP contribution in [-0.4, -0.2) is 64.0 Å². The van der Waals surface area contributed by atoms with Gasteiger partial charge in [0, 0.05) is 48.3 Å². The molecule has 3 rings (SSSR count). The molecule has 24 heavy (non-hydrogen) atoms. The van der Waals surface area contributed by atoms with Crippen LogP contribution in [0.25, 0.3) is 10.9 Å². The van der Waals surface area contributed by atoms with Crippen molar-refractivity contribution in [2.45, 2.75) is 19.4 Å². The zero-order chi connectivity index (χ0) is 17.3. The average molecular weight is 350 g/mol. The second-order valence-corrected chi connectivity index (χ2v) is 6.50. The van der Waals surface area contributed by atoms with E-state index in [4.69, 9.17) is 11.6 Å². The summed E-state index contributed by atoms with van der Waals surface area (Å²) in [6, 6.07) is 5.56. The number of nitrogens with zero attached hydrogens (tertiary/aromatic N) is 2. The van der Waals surface area contributed by atoms with Gasteiger partial charge >= 0.3 is 0 Å². The number of aliphatic hydroxyl groups excluding tert-OH is 1. The lowest BCUT2D eigenvalue weighted by Crippen LogP contribution is -2.52. The van der Waals surface area contributed by atoms with Crippen molar-refractivity contribution in [1.29, 1.82) is 0 Å². The molecule has 1 aliphatic heterocycles. The first-order valence-corrected chi connectivity index (χ1v) is 8.33. The van der Waals surface area contributed by atoms with Crippen LogP contribution in [0.1, 0.15) is 12.5 Å². The van der Waals surface area contributed by atoms with Gasteiger partial charge in [-0.1, -0.05) is 11.6 Å². The number of aromatic nitrogens is 1. The molecule has 1 atom stereocenters. The van der Waals surface area contributed by atoms with Crippen LogP contribution in [0, 0.1) is 0 Å². The lowest BCUT2D eigenvalue weighted by molar-refractivity contribution is -0.144. The third-order valence-electron chi connectivity index (χ3n) is 4.37. The van der Waals surface area contributed by atoms with E-state index in [9.17, 15) is 14.7 Å². The molecule has 6 nitrogen and oxygen atoms in total. The number of aliphatic hydroxyl groups is 1. The van der Waals surface area contributed by atoms with Gasteiger partial charge in [-0.25, -0.2) is 0 Å². The molecule has 0 spiro atoms. The highest BCUT2D eigenvalue weighted by atomic mass is 35.5. The molecule has 2 amide bonds. The number of carbonyl (C=O) groups is 2. The summed E-state index contributed by atoms with van der Waals surface area (Å²) >= 11 is 6.04. The fourth-order valence-electron chi connectivity index (χ4n) is 3.01. The Morgan fingerprint density at radius 3 is 2.58 bits per heavy atom. The number of amides is 2. The fourth-order valence-corrected chi connectivity index (χ4v) is 3.18. The van der Waals surface area contributed by atoms with Crippen LogP contribution in [0.3, 0.4) is 0 Å². The quantitative estimate of drug-likeness (QED) is 0.879. The van der Waals surface area contributed by atoms with Crippen LogP contribution in [0.15, 0.2) is 24.4 Å². The van der Waals surface area contributed by atoms with Crippen LogP contribution in [-0.2, 0) is 16.0 Å². The van der Waals surface area contributed by atoms with Crippen LogP contribution >= 0.6 is 11.6 Å². The molecular formula is C17H20ClN3O3. The van der Waals surface area contributed by atoms with E-state index in [2.05, 4.69) is 4.98 Å². The molecule has 1 unspecified atom stereocenters. The molecular weight excluding hydrogens is 330 g/mol. The topological polar surface area (TPSA) is 76.6 Å². The first-order valence-electron chi connectivity index (χ1n) is 7.96. The number of fused-ring (bicyclic) bond motifs is 1. The number of hydrogen-bond donors (Lipinski definition) is 2. The van der Waals surface area contributed by atoms with Crippen LogP contribution in [0.5, 0.6) is 0 Å². The van der Waals surface area contributed by atoms with Crippen LogP contribution in [0.4, 0.5) is 0 Å². The minimum atomic E-state index is -0.997. The van der Waals surface area contributed by atoms with Gasteiger partial charge in [0.15, 0.2) is 0 Å². The van der Waals surface area contributed by atoms with Gasteiger partial charge in [0.2, 0.25) is 5.91 Å². The zero-order valence-electron chi connectivity index (χ0n) is 13.5. The summed E-state index contributed by atoms with van der Waals surface area (Å²) in [5, 5.41) is 11.0. The number of halogens is 1. The summed E-state index contributed by atoms with van der Waals surface area (Å²) in [7, 11) is 0. The molecule has 0 radical (unpaired) electrons. The van der Waals surface area contributed by atoms with Gasteiger partial charge < -0.3 is 19.9 Å². The summed E-state index contributed by atoms with van der Waals surface area (Å²) in [6.45, 7) is 3.34. The lowest BCUT2D eigenvalue weighted by atomic mass is 10.1. The third kappa shape index (κ3) is 3.39. The summed E-state index contributed by atoms with van der Waals surface area (Å²) in [4.78, 5) is 30.8. The first kappa shape index (κ1) is 16.8. The van der Waals surface area contributed by atoms with E-state index in [0.29, 0.717) is 37.6 Å². The molecule has 1 fully saturated rings. The lowest BCUT2D eigenvalue weighted by Gasteiger charge is -2.35. The van der Waals surface area contributed by atoms with Crippen LogP contribution < -0.4 is 0 Å². The van der Waals surface area contributed by atoms with Gasteiger partial charge in [0.25, 0.3) is 5.91 Å². The minimum absolute atomic E-state index is 0.0278. The van der Waals surface area contributed by atoms with E-state index in [-0.39, 0.29) is 11.8 Å². The summed E-state index contributed by atoms with van der Waals surface area (Å²) in [5.41, 5.74) is 1.87. The fraction of sp³-hybridized carbons (Fsp3) is 0.412. The van der Waals surface area contributed by atoms with E-state index in [1.807, 2.05) is 24.4 Å². The molecule has 1 saturated heterocycles. The molecule has 1 aliphatic rings. The Hall–Kier alpha value is -2.05. The van der Waals surface area contributed by atoms with Crippen molar-refractivity contribution in [2.75, 3.05) is 26.2 Å². The Morgan fingerprint density at radius 1 is 1.25 bits per heavy atom. The zero-order valence-corrected chi connectivity index (χ0v) is 14.2. The molecule has 128 valence electrons. The second kappa shape index (κ2) is 6.83. The van der Waals surface area contributed by atoms with Gasteiger partial charge in [-0.05, 0) is 30.7 Å². The highest BCUT2D eigenvalue weighted by Gasteiger charge is 2.26. The third-order valence-corrected chi connectivity index (χ3v) is 4.61. The number of benzene rings is 1. The number of H-pyrrole nitrogens is 1. The second-order valence-electron chi connectivity index (χ2n) is 6.06. The van der Waals surface area contributed by atoms with Gasteiger partial charge in [-0.3, -0.25) is 9.59 Å². The average Bonchev–Trinajstić information content (AvgIpc) is 2.96. The summed E-state index contributed by atoms with van der Waals surface area (Å²) in [6.07, 6.45) is 1.14. The Labute approximate surface area is 145 Å². The maximum absolute atomic E-state index is 12.5. The molecule has 2 N–H and O–H groups in total. The molecule has 0 saturated carbocycles. The molecule has 7 heteroatoms. The molecule has 1 aromatic carbocycles. The number of aromatic amines is 1. The summed E-state index contributed by atoms with van der Waals surface area (Å²) < 4.78 is 0. The Balaban J connectivity index is 1.63. The normalized spacial score (nSPS) is 16.5. The SMILES string of the molecule is CC(O)C(=O)N1CCN(C(=O)Cc2c[nH]c3ccc(Cl)cc23)CC1. The molecule has 1 aromatic heterocycles. The maximum atomic E-state index is 12.5. The Kier molecular flexibility index (Phi) is 4.78. The number of nitrogens with one attached hydrogen (secondary N) is 1. The number of hydrogen-bond acceptors (Lipinski definition) is 3. The highest BCUT2D eigenvalue weighted by Crippen LogP contribution is 2.23. The van der Waals surface area contributed by atoms with Gasteiger partial charge in [0.1, 0.15) is 6.10 Å². The Morgan fingerprint density at radius 2 is 1.92 bits per heavy atom. The van der Waals surface area contributed by atoms with Crippen molar-refractivity contribution in [3.8, 4) is 0 Å². The van der Waals surface area contributed by atoms with Gasteiger partial charge in [0.05, 0.1) is 6.42 Å². The predicted octanol–water partition coefficient (Wildman–Crippen LogP) is 1.42. The van der Waals surface area contributed by atoms with Crippen molar-refractivity contribution in [3.05, 3.63) is 35.0 Å². The van der Waals surface area contributed by atoms with Gasteiger partial charge in [-0.15, -0.1) is 0 Å². The molecule has 0 bridgehead atoms. The minimum Gasteiger partial charge on any atom is -0.384 e. The standard InChI is InChI=1S/C17H20ClN3O3/c1-11(22)17(24)21-6-4-20(5-7-21)16(23)8-12-10-19-15-3-2-13(18)9-14(12)15/h2-3,9-11,19,22H,4-8H2,1H3. The molecule has 2 aromatic rings. The van der Waals surface area contributed by atoms with Crippen molar-refractivity contribution < 1.29 is 14.7 Å². The van der Waals surface area contributed by atoms with Crippen molar-refractivity contribution in [1.82, 2.24) is 14.8 Å². The first-order chi connectivity index (χ1) is 11.5. The predicted molar refractivity (Wildman–Crippen MR) is 91.9 cm³/mol. The number of rotatable bonds is 3. The highest BCUT2D eigenvalue weighted by molar-refractivity contribution is 6.31. The largest absolute Gasteiger partial charge is 0.384 e. The smallest absolute Gasteiger partial charge is 0.251 e. The summed E-state index contributed by atoms with van der Waals surface area (Å²) in [5.74, 6) is -0.256. The van der Waals surface area contributed by atoms with E-state index in [0.717, 1.165) is 16.5 Å². The van der Waals surface area contributed by atoms with E-state index in [1.54, 1.807) is 9.80 Å². The maximum Gasteiger partial charge on any atom is 0.251 e. The van der Waals surface area contributed by atoms with Crippen LogP contribution in [0.2, 0.25) is 5.02 Å². The van der Waals surface area contributed by atoms with E-state index >= 15 is 0 Å². The number of piperazine rings is 1.